The van der Waals surface area contributed by atoms with E-state index >= 15 is 0 Å². The highest BCUT2D eigenvalue weighted by atomic mass is 32.2. The SMILES string of the molecule is CC(C)(C)SCC(=O)c1cc2cc(F)ccc2o1. The predicted octanol–water partition coefficient (Wildman–Crippen LogP) is 4.29. The molecule has 4 heteroatoms. The van der Waals surface area contributed by atoms with Crippen molar-refractivity contribution >= 4 is 28.5 Å². The second-order valence-corrected chi connectivity index (χ2v) is 6.92. The molecule has 0 fully saturated rings. The van der Waals surface area contributed by atoms with Gasteiger partial charge in [-0.05, 0) is 24.3 Å². The number of hydrogen-bond donors (Lipinski definition) is 0. The molecule has 0 bridgehead atoms. The van der Waals surface area contributed by atoms with E-state index in [2.05, 4.69) is 20.8 Å². The first kappa shape index (κ1) is 13.1. The zero-order valence-electron chi connectivity index (χ0n) is 10.6. The van der Waals surface area contributed by atoms with Crippen molar-refractivity contribution in [3.05, 3.63) is 35.8 Å². The molecular weight excluding hydrogens is 251 g/mol. The lowest BCUT2D eigenvalue weighted by atomic mass is 10.2. The van der Waals surface area contributed by atoms with Crippen LogP contribution in [0.4, 0.5) is 4.39 Å². The fourth-order valence-corrected chi connectivity index (χ4v) is 2.21. The summed E-state index contributed by atoms with van der Waals surface area (Å²) < 4.78 is 18.5. The Kier molecular flexibility index (Phi) is 3.48. The minimum absolute atomic E-state index is 0.0355. The molecule has 0 aliphatic rings. The number of halogens is 1. The maximum absolute atomic E-state index is 13.0. The van der Waals surface area contributed by atoms with Crippen molar-refractivity contribution in [2.75, 3.05) is 5.75 Å². The van der Waals surface area contributed by atoms with Crippen LogP contribution in [0.5, 0.6) is 0 Å². The van der Waals surface area contributed by atoms with Crippen molar-refractivity contribution in [3.8, 4) is 0 Å². The summed E-state index contributed by atoms with van der Waals surface area (Å²) >= 11 is 1.57. The Morgan fingerprint density at radius 1 is 1.33 bits per heavy atom. The molecule has 96 valence electrons. The van der Waals surface area contributed by atoms with Gasteiger partial charge in [0.1, 0.15) is 11.4 Å². The molecule has 2 aromatic rings. The van der Waals surface area contributed by atoms with Crippen molar-refractivity contribution in [1.82, 2.24) is 0 Å². The molecule has 0 unspecified atom stereocenters. The molecule has 0 aliphatic carbocycles. The van der Waals surface area contributed by atoms with Crippen LogP contribution in [0, 0.1) is 5.82 Å². The molecule has 0 N–H and O–H groups in total. The normalized spacial score (nSPS) is 12.0. The summed E-state index contributed by atoms with van der Waals surface area (Å²) in [5.74, 6) is 0.275. The maximum atomic E-state index is 13.0. The Morgan fingerprint density at radius 3 is 2.72 bits per heavy atom. The Balaban J connectivity index is 2.18. The second kappa shape index (κ2) is 4.76. The van der Waals surface area contributed by atoms with Crippen LogP contribution in [-0.4, -0.2) is 16.3 Å². The minimum atomic E-state index is -0.327. The van der Waals surface area contributed by atoms with Crippen LogP contribution in [-0.2, 0) is 0 Å². The first-order valence-electron chi connectivity index (χ1n) is 5.71. The molecule has 0 saturated heterocycles. The average molecular weight is 266 g/mol. The van der Waals surface area contributed by atoms with Crippen molar-refractivity contribution in [2.24, 2.45) is 0 Å². The van der Waals surface area contributed by atoms with Crippen molar-refractivity contribution in [1.29, 1.82) is 0 Å². The van der Waals surface area contributed by atoms with Crippen molar-refractivity contribution in [2.45, 2.75) is 25.5 Å². The van der Waals surface area contributed by atoms with Crippen LogP contribution in [0.25, 0.3) is 11.0 Å². The number of fused-ring (bicyclic) bond motifs is 1. The summed E-state index contributed by atoms with van der Waals surface area (Å²) in [5, 5.41) is 0.624. The summed E-state index contributed by atoms with van der Waals surface area (Å²) in [7, 11) is 0. The Labute approximate surface area is 110 Å². The number of rotatable bonds is 3. The summed E-state index contributed by atoms with van der Waals surface area (Å²) in [6, 6.07) is 5.83. The van der Waals surface area contributed by atoms with Crippen LogP contribution in [0.15, 0.2) is 28.7 Å². The van der Waals surface area contributed by atoms with E-state index in [1.165, 1.54) is 12.1 Å². The van der Waals surface area contributed by atoms with Crippen LogP contribution in [0.1, 0.15) is 31.3 Å². The molecule has 0 radical (unpaired) electrons. The largest absolute Gasteiger partial charge is 0.453 e. The van der Waals surface area contributed by atoms with Crippen LogP contribution in [0.2, 0.25) is 0 Å². The van der Waals surface area contributed by atoms with Gasteiger partial charge in [-0.3, -0.25) is 4.79 Å². The molecule has 1 aromatic heterocycles. The molecule has 1 heterocycles. The molecule has 2 nitrogen and oxygen atoms in total. The highest BCUT2D eigenvalue weighted by molar-refractivity contribution is 8.01. The van der Waals surface area contributed by atoms with E-state index < -0.39 is 0 Å². The number of thioether (sulfide) groups is 1. The molecule has 18 heavy (non-hydrogen) atoms. The Bertz CT molecular complexity index is 581. The number of carbonyl (C=O) groups excluding carboxylic acids is 1. The molecule has 0 spiro atoms. The van der Waals surface area contributed by atoms with Crippen molar-refractivity contribution in [3.63, 3.8) is 0 Å². The highest BCUT2D eigenvalue weighted by Gasteiger charge is 2.17. The first-order valence-corrected chi connectivity index (χ1v) is 6.70. The standard InChI is InChI=1S/C14H15FO2S/c1-14(2,3)18-8-11(16)13-7-9-6-10(15)4-5-12(9)17-13/h4-7H,8H2,1-3H3. The molecular formula is C14H15FO2S. The Hall–Kier alpha value is -1.29. The predicted molar refractivity (Wildman–Crippen MR) is 72.7 cm³/mol. The van der Waals surface area contributed by atoms with E-state index in [4.69, 9.17) is 4.42 Å². The monoisotopic (exact) mass is 266 g/mol. The lowest BCUT2D eigenvalue weighted by molar-refractivity contribution is 0.0994. The summed E-state index contributed by atoms with van der Waals surface area (Å²) in [5.41, 5.74) is 0.542. The lowest BCUT2D eigenvalue weighted by Crippen LogP contribution is -2.12. The second-order valence-electron chi connectivity index (χ2n) is 5.12. The van der Waals surface area contributed by atoms with Gasteiger partial charge in [0.2, 0.25) is 5.78 Å². The molecule has 0 aliphatic heterocycles. The van der Waals surface area contributed by atoms with Gasteiger partial charge in [0.05, 0.1) is 5.75 Å². The first-order chi connectivity index (χ1) is 8.35. The zero-order chi connectivity index (χ0) is 13.3. The number of hydrogen-bond acceptors (Lipinski definition) is 3. The van der Waals surface area contributed by atoms with Gasteiger partial charge in [0.25, 0.3) is 0 Å². The number of carbonyl (C=O) groups is 1. The van der Waals surface area contributed by atoms with Crippen LogP contribution < -0.4 is 0 Å². The van der Waals surface area contributed by atoms with E-state index in [9.17, 15) is 9.18 Å². The number of furan rings is 1. The lowest BCUT2D eigenvalue weighted by Gasteiger charge is -2.16. The molecule has 2 rings (SSSR count). The van der Waals surface area contributed by atoms with E-state index in [0.717, 1.165) is 0 Å². The van der Waals surface area contributed by atoms with Gasteiger partial charge in [-0.25, -0.2) is 4.39 Å². The smallest absolute Gasteiger partial charge is 0.207 e. The van der Waals surface area contributed by atoms with E-state index in [1.54, 1.807) is 23.9 Å². The minimum Gasteiger partial charge on any atom is -0.453 e. The van der Waals surface area contributed by atoms with Crippen molar-refractivity contribution < 1.29 is 13.6 Å². The van der Waals surface area contributed by atoms with Gasteiger partial charge in [-0.1, -0.05) is 20.8 Å². The molecule has 0 saturated carbocycles. The molecule has 1 aromatic carbocycles. The fraction of sp³-hybridized carbons (Fsp3) is 0.357. The van der Waals surface area contributed by atoms with Gasteiger partial charge >= 0.3 is 0 Å². The maximum Gasteiger partial charge on any atom is 0.207 e. The zero-order valence-corrected chi connectivity index (χ0v) is 11.4. The molecule has 0 amide bonds. The average Bonchev–Trinajstić information content (AvgIpc) is 2.67. The topological polar surface area (TPSA) is 30.2 Å². The van der Waals surface area contributed by atoms with Gasteiger partial charge in [-0.15, -0.1) is 11.8 Å². The molecule has 0 atom stereocenters. The van der Waals surface area contributed by atoms with Crippen LogP contribution in [0.3, 0.4) is 0 Å². The highest BCUT2D eigenvalue weighted by Crippen LogP contribution is 2.26. The third-order valence-electron chi connectivity index (χ3n) is 2.39. The van der Waals surface area contributed by atoms with Gasteiger partial charge < -0.3 is 4.42 Å². The van der Waals surface area contributed by atoms with Gasteiger partial charge in [-0.2, -0.15) is 0 Å². The summed E-state index contributed by atoms with van der Waals surface area (Å²) in [6.45, 7) is 6.16. The van der Waals surface area contributed by atoms with E-state index in [0.29, 0.717) is 22.5 Å². The van der Waals surface area contributed by atoms with Gasteiger partial charge in [0.15, 0.2) is 5.76 Å². The summed E-state index contributed by atoms with van der Waals surface area (Å²) in [4.78, 5) is 11.9. The Morgan fingerprint density at radius 2 is 2.06 bits per heavy atom. The van der Waals surface area contributed by atoms with E-state index in [-0.39, 0.29) is 16.3 Å². The van der Waals surface area contributed by atoms with Crippen LogP contribution >= 0.6 is 11.8 Å². The quantitative estimate of drug-likeness (QED) is 0.776. The third-order valence-corrected chi connectivity index (χ3v) is 3.66. The number of ketones is 1. The summed E-state index contributed by atoms with van der Waals surface area (Å²) in [6.07, 6.45) is 0. The van der Waals surface area contributed by atoms with E-state index in [1.807, 2.05) is 0 Å². The number of benzene rings is 1. The van der Waals surface area contributed by atoms with Gasteiger partial charge in [0, 0.05) is 10.1 Å². The third kappa shape index (κ3) is 3.13. The fourth-order valence-electron chi connectivity index (χ4n) is 1.50. The number of Topliss-reactive ketones (excluding diaryl/α,β-unsaturated/α-hetero) is 1.